The maximum absolute atomic E-state index is 13.5. The van der Waals surface area contributed by atoms with Crippen LogP contribution in [0.1, 0.15) is 52.6 Å². The number of fused-ring (bicyclic) bond motifs is 1. The lowest BCUT2D eigenvalue weighted by molar-refractivity contribution is -0.116. The Bertz CT molecular complexity index is 1220. The van der Waals surface area contributed by atoms with Crippen molar-refractivity contribution < 1.29 is 19.2 Å². The minimum atomic E-state index is -0.194. The Morgan fingerprint density at radius 1 is 1.13 bits per heavy atom. The quantitative estimate of drug-likeness (QED) is 0.628. The van der Waals surface area contributed by atoms with Crippen molar-refractivity contribution in [1.82, 2.24) is 5.16 Å². The standard InChI is InChI=1S/C25H24N2O4/c1-13-5-4-6-16(9-13)23-22-14(2)27-31-25(22)26-18-10-17(11-20(29)24(18)23)15-7-8-19(28)21(12-15)30-3/h4-9,12,17,23,26,28H,10-11H2,1-3H3/t17-,23+/m0/s1. The first-order valence-electron chi connectivity index (χ1n) is 10.4. The smallest absolute Gasteiger partial charge is 0.233 e. The second-order valence-electron chi connectivity index (χ2n) is 8.33. The summed E-state index contributed by atoms with van der Waals surface area (Å²) in [6.07, 6.45) is 1.06. The SMILES string of the molecule is COc1cc([C@@H]2CC(=O)C3=C(C2)Nc2onc(C)c2[C@H]3c2cccc(C)c2)ccc1O. The number of aryl methyl sites for hydroxylation is 2. The van der Waals surface area contributed by atoms with Crippen LogP contribution in [0.3, 0.4) is 0 Å². The Labute approximate surface area is 180 Å². The highest BCUT2D eigenvalue weighted by Crippen LogP contribution is 2.49. The number of anilines is 1. The summed E-state index contributed by atoms with van der Waals surface area (Å²) in [6.45, 7) is 3.97. The molecule has 1 aromatic heterocycles. The molecule has 0 unspecified atom stereocenters. The summed E-state index contributed by atoms with van der Waals surface area (Å²) in [5, 5.41) is 17.5. The van der Waals surface area contributed by atoms with Gasteiger partial charge < -0.3 is 19.7 Å². The molecule has 31 heavy (non-hydrogen) atoms. The van der Waals surface area contributed by atoms with Gasteiger partial charge in [0, 0.05) is 23.6 Å². The van der Waals surface area contributed by atoms with Gasteiger partial charge in [0.05, 0.1) is 18.4 Å². The summed E-state index contributed by atoms with van der Waals surface area (Å²) in [6, 6.07) is 13.5. The molecule has 0 saturated heterocycles. The number of allylic oxidation sites excluding steroid dienone is 2. The summed E-state index contributed by atoms with van der Waals surface area (Å²) >= 11 is 0. The van der Waals surface area contributed by atoms with Crippen molar-refractivity contribution in [2.45, 2.75) is 38.5 Å². The number of carbonyl (C=O) groups excluding carboxylic acids is 1. The van der Waals surface area contributed by atoms with Crippen molar-refractivity contribution in [1.29, 1.82) is 0 Å². The number of nitrogens with one attached hydrogen (secondary N) is 1. The minimum absolute atomic E-state index is 0.0167. The van der Waals surface area contributed by atoms with E-state index >= 15 is 0 Å². The number of aromatic hydroxyl groups is 1. The molecule has 2 heterocycles. The third-order valence-electron chi connectivity index (χ3n) is 6.31. The van der Waals surface area contributed by atoms with Gasteiger partial charge in [0.1, 0.15) is 0 Å². The summed E-state index contributed by atoms with van der Waals surface area (Å²) in [5.41, 5.74) is 6.57. The Balaban J connectivity index is 1.60. The average molecular weight is 416 g/mol. The maximum Gasteiger partial charge on any atom is 0.233 e. The molecule has 1 aliphatic carbocycles. The zero-order chi connectivity index (χ0) is 21.7. The molecular weight excluding hydrogens is 392 g/mol. The second-order valence-corrected chi connectivity index (χ2v) is 8.33. The molecule has 1 aliphatic heterocycles. The van der Waals surface area contributed by atoms with Gasteiger partial charge in [-0.25, -0.2) is 0 Å². The minimum Gasteiger partial charge on any atom is -0.504 e. The van der Waals surface area contributed by atoms with E-state index in [1.807, 2.05) is 25.1 Å². The van der Waals surface area contributed by atoms with Gasteiger partial charge in [0.15, 0.2) is 17.3 Å². The van der Waals surface area contributed by atoms with Gasteiger partial charge >= 0.3 is 0 Å². The summed E-state index contributed by atoms with van der Waals surface area (Å²) < 4.78 is 10.8. The van der Waals surface area contributed by atoms with Crippen LogP contribution in [0, 0.1) is 13.8 Å². The van der Waals surface area contributed by atoms with Crippen molar-refractivity contribution in [3.63, 3.8) is 0 Å². The second kappa shape index (κ2) is 7.30. The van der Waals surface area contributed by atoms with Crippen molar-refractivity contribution in [2.24, 2.45) is 0 Å². The number of phenols is 1. The molecule has 158 valence electrons. The van der Waals surface area contributed by atoms with E-state index < -0.39 is 0 Å². The highest BCUT2D eigenvalue weighted by atomic mass is 16.5. The number of rotatable bonds is 3. The Kier molecular flexibility index (Phi) is 4.58. The van der Waals surface area contributed by atoms with Crippen LogP contribution in [0.2, 0.25) is 0 Å². The van der Waals surface area contributed by atoms with E-state index in [1.165, 1.54) is 7.11 Å². The number of carbonyl (C=O) groups is 1. The number of hydrogen-bond acceptors (Lipinski definition) is 6. The van der Waals surface area contributed by atoms with Gasteiger partial charge in [-0.3, -0.25) is 4.79 Å². The molecule has 2 N–H and O–H groups in total. The molecule has 3 aromatic rings. The van der Waals surface area contributed by atoms with Gasteiger partial charge in [-0.1, -0.05) is 41.1 Å². The maximum atomic E-state index is 13.5. The van der Waals surface area contributed by atoms with Crippen LogP contribution in [-0.2, 0) is 4.79 Å². The summed E-state index contributed by atoms with van der Waals surface area (Å²) in [5.74, 6) is 1.01. The Morgan fingerprint density at radius 3 is 2.74 bits per heavy atom. The van der Waals surface area contributed by atoms with Crippen LogP contribution in [0.5, 0.6) is 11.5 Å². The van der Waals surface area contributed by atoms with Crippen LogP contribution in [0.4, 0.5) is 5.88 Å². The van der Waals surface area contributed by atoms with Gasteiger partial charge in [-0.05, 0) is 49.4 Å². The number of hydrogen-bond donors (Lipinski definition) is 2. The van der Waals surface area contributed by atoms with Gasteiger partial charge in [-0.2, -0.15) is 0 Å². The predicted octanol–water partition coefficient (Wildman–Crippen LogP) is 4.96. The van der Waals surface area contributed by atoms with Crippen molar-refractivity contribution in [3.05, 3.63) is 81.7 Å². The van der Waals surface area contributed by atoms with Gasteiger partial charge in [0.2, 0.25) is 5.88 Å². The lowest BCUT2D eigenvalue weighted by atomic mass is 9.72. The van der Waals surface area contributed by atoms with Crippen molar-refractivity contribution in [3.8, 4) is 11.5 Å². The van der Waals surface area contributed by atoms with Crippen LogP contribution < -0.4 is 10.1 Å². The van der Waals surface area contributed by atoms with E-state index in [-0.39, 0.29) is 23.4 Å². The Hall–Kier alpha value is -3.54. The number of ether oxygens (including phenoxy) is 1. The molecule has 2 aliphatic rings. The van der Waals surface area contributed by atoms with Gasteiger partial charge in [0.25, 0.3) is 0 Å². The molecule has 2 aromatic carbocycles. The number of ketones is 1. The Morgan fingerprint density at radius 2 is 1.97 bits per heavy atom. The molecule has 0 radical (unpaired) electrons. The first-order valence-corrected chi connectivity index (χ1v) is 10.4. The van der Waals surface area contributed by atoms with E-state index in [0.29, 0.717) is 24.5 Å². The molecule has 0 bridgehead atoms. The molecule has 5 rings (SSSR count). The topological polar surface area (TPSA) is 84.6 Å². The fraction of sp³-hybridized carbons (Fsp3) is 0.280. The lowest BCUT2D eigenvalue weighted by Crippen LogP contribution is -2.29. The highest BCUT2D eigenvalue weighted by molar-refractivity contribution is 6.01. The molecule has 0 saturated carbocycles. The number of methoxy groups -OCH3 is 1. The van der Waals surface area contributed by atoms with E-state index in [2.05, 4.69) is 35.6 Å². The molecule has 6 heteroatoms. The fourth-order valence-electron chi connectivity index (χ4n) is 4.84. The summed E-state index contributed by atoms with van der Waals surface area (Å²) in [7, 11) is 1.52. The normalized spacial score (nSPS) is 20.2. The van der Waals surface area contributed by atoms with Crippen LogP contribution in [0.25, 0.3) is 0 Å². The number of aromatic nitrogens is 1. The molecule has 2 atom stereocenters. The molecule has 0 spiro atoms. The number of phenolic OH excluding ortho intramolecular Hbond substituents is 1. The predicted molar refractivity (Wildman–Crippen MR) is 117 cm³/mol. The first kappa shape index (κ1) is 19.4. The van der Waals surface area contributed by atoms with Crippen molar-refractivity contribution in [2.75, 3.05) is 12.4 Å². The first-order chi connectivity index (χ1) is 15.0. The summed E-state index contributed by atoms with van der Waals surface area (Å²) in [4.78, 5) is 13.5. The van der Waals surface area contributed by atoms with Gasteiger partial charge in [-0.15, -0.1) is 0 Å². The van der Waals surface area contributed by atoms with E-state index in [4.69, 9.17) is 9.26 Å². The highest BCUT2D eigenvalue weighted by Gasteiger charge is 2.41. The molecule has 0 fully saturated rings. The van der Waals surface area contributed by atoms with E-state index in [9.17, 15) is 9.90 Å². The van der Waals surface area contributed by atoms with Crippen LogP contribution in [0.15, 0.2) is 58.3 Å². The lowest BCUT2D eigenvalue weighted by Gasteiger charge is -2.34. The van der Waals surface area contributed by atoms with Crippen molar-refractivity contribution >= 4 is 11.7 Å². The third kappa shape index (κ3) is 3.19. The number of nitrogens with zero attached hydrogens (tertiary/aromatic N) is 1. The van der Waals surface area contributed by atoms with Crippen LogP contribution in [-0.4, -0.2) is 23.2 Å². The zero-order valence-corrected chi connectivity index (χ0v) is 17.7. The monoisotopic (exact) mass is 416 g/mol. The average Bonchev–Trinajstić information content (AvgIpc) is 3.12. The van der Waals surface area contributed by atoms with E-state index in [0.717, 1.165) is 39.2 Å². The largest absolute Gasteiger partial charge is 0.504 e. The molecule has 0 amide bonds. The fourth-order valence-corrected chi connectivity index (χ4v) is 4.84. The van der Waals surface area contributed by atoms with Crippen LogP contribution >= 0.6 is 0 Å². The van der Waals surface area contributed by atoms with E-state index in [1.54, 1.807) is 6.07 Å². The number of Topliss-reactive ketones (excluding diaryl/α,β-unsaturated/α-hetero) is 1. The zero-order valence-electron chi connectivity index (χ0n) is 17.7. The molecular formula is C25H24N2O4. The molecule has 6 nitrogen and oxygen atoms in total. The number of benzene rings is 2. The third-order valence-corrected chi connectivity index (χ3v) is 6.31.